The van der Waals surface area contributed by atoms with Gasteiger partial charge in [-0.3, -0.25) is 9.59 Å². The number of hydrogen-bond acceptors (Lipinski definition) is 2. The summed E-state index contributed by atoms with van der Waals surface area (Å²) in [6.45, 7) is 8.78. The predicted octanol–water partition coefficient (Wildman–Crippen LogP) is 3.40. The van der Waals surface area contributed by atoms with Crippen LogP contribution >= 0.6 is 0 Å². The van der Waals surface area contributed by atoms with Crippen molar-refractivity contribution in [1.29, 1.82) is 0 Å². The van der Waals surface area contributed by atoms with E-state index in [2.05, 4.69) is 25.2 Å². The van der Waals surface area contributed by atoms with Crippen molar-refractivity contribution < 1.29 is 9.59 Å². The van der Waals surface area contributed by atoms with Gasteiger partial charge < -0.3 is 10.2 Å². The molecule has 2 rings (SSSR count). The van der Waals surface area contributed by atoms with E-state index in [1.165, 1.54) is 0 Å². The Morgan fingerprint density at radius 3 is 2.59 bits per heavy atom. The maximum atomic E-state index is 12.5. The number of benzene rings is 1. The van der Waals surface area contributed by atoms with Gasteiger partial charge in [0.2, 0.25) is 11.8 Å². The molecule has 0 aliphatic carbocycles. The summed E-state index contributed by atoms with van der Waals surface area (Å²) < 4.78 is 0. The maximum Gasteiger partial charge on any atom is 0.229 e. The van der Waals surface area contributed by atoms with Crippen molar-refractivity contribution in [3.8, 4) is 0 Å². The molecule has 1 heterocycles. The minimum atomic E-state index is -0.250. The lowest BCUT2D eigenvalue weighted by molar-refractivity contribution is -0.129. The Morgan fingerprint density at radius 2 is 2.00 bits per heavy atom. The van der Waals surface area contributed by atoms with Crippen LogP contribution in [0.15, 0.2) is 24.3 Å². The second-order valence-electron chi connectivity index (χ2n) is 6.43. The molecule has 4 nitrogen and oxygen atoms in total. The lowest BCUT2D eigenvalue weighted by atomic mass is 9.96. The van der Waals surface area contributed by atoms with Crippen molar-refractivity contribution in [2.24, 2.45) is 5.92 Å². The average molecular weight is 302 g/mol. The second-order valence-corrected chi connectivity index (χ2v) is 6.43. The number of hydrogen-bond donors (Lipinski definition) is 1. The zero-order valence-corrected chi connectivity index (χ0v) is 13.9. The molecule has 2 atom stereocenters. The fourth-order valence-electron chi connectivity index (χ4n) is 2.90. The molecule has 1 aromatic carbocycles. The molecule has 1 saturated heterocycles. The van der Waals surface area contributed by atoms with Gasteiger partial charge in [-0.05, 0) is 37.8 Å². The molecule has 0 saturated carbocycles. The number of rotatable bonds is 5. The molecular formula is C18H26N2O2. The molecule has 1 N–H and O–H groups in total. The lowest BCUT2D eigenvalue weighted by Crippen LogP contribution is -2.33. The third kappa shape index (κ3) is 3.49. The number of anilines is 1. The van der Waals surface area contributed by atoms with Gasteiger partial charge in [-0.2, -0.15) is 0 Å². The number of carbonyl (C=O) groups excluding carboxylic acids is 2. The third-order valence-corrected chi connectivity index (χ3v) is 4.51. The van der Waals surface area contributed by atoms with E-state index in [9.17, 15) is 9.59 Å². The molecule has 1 aromatic rings. The largest absolute Gasteiger partial charge is 0.339 e. The first-order chi connectivity index (χ1) is 10.4. The highest BCUT2D eigenvalue weighted by molar-refractivity contribution is 5.97. The van der Waals surface area contributed by atoms with Crippen molar-refractivity contribution in [3.63, 3.8) is 0 Å². The van der Waals surface area contributed by atoms with E-state index in [0.29, 0.717) is 18.9 Å². The first-order valence-corrected chi connectivity index (χ1v) is 8.13. The van der Waals surface area contributed by atoms with E-state index >= 15 is 0 Å². The summed E-state index contributed by atoms with van der Waals surface area (Å²) >= 11 is 0. The number of likely N-dealkylation sites (tertiary alicyclic amines) is 1. The van der Waals surface area contributed by atoms with Crippen LogP contribution in [0.5, 0.6) is 0 Å². The topological polar surface area (TPSA) is 49.4 Å². The van der Waals surface area contributed by atoms with Gasteiger partial charge in [0.05, 0.1) is 5.92 Å². The SMILES string of the molecule is CC[C@@H](C)c1ccccc1NC(=O)[C@H]1CC(=O)N(C(C)C)C1. The summed E-state index contributed by atoms with van der Waals surface area (Å²) in [5, 5.41) is 3.03. The van der Waals surface area contributed by atoms with E-state index in [1.54, 1.807) is 4.90 Å². The number of carbonyl (C=O) groups is 2. The monoisotopic (exact) mass is 302 g/mol. The molecular weight excluding hydrogens is 276 g/mol. The van der Waals surface area contributed by atoms with E-state index in [-0.39, 0.29) is 23.8 Å². The lowest BCUT2D eigenvalue weighted by Gasteiger charge is -2.21. The van der Waals surface area contributed by atoms with E-state index in [4.69, 9.17) is 0 Å². The summed E-state index contributed by atoms with van der Waals surface area (Å²) in [5.41, 5.74) is 2.03. The van der Waals surface area contributed by atoms with Gasteiger partial charge in [-0.15, -0.1) is 0 Å². The van der Waals surface area contributed by atoms with E-state index in [1.807, 2.05) is 32.0 Å². The summed E-state index contributed by atoms with van der Waals surface area (Å²) in [5.74, 6) is 0.173. The Hall–Kier alpha value is -1.84. The van der Waals surface area contributed by atoms with Gasteiger partial charge in [0.1, 0.15) is 0 Å². The van der Waals surface area contributed by atoms with Crippen molar-refractivity contribution in [3.05, 3.63) is 29.8 Å². The number of nitrogens with one attached hydrogen (secondary N) is 1. The summed E-state index contributed by atoms with van der Waals surface area (Å²) in [6, 6.07) is 8.08. The van der Waals surface area contributed by atoms with Crippen LogP contribution in [0.2, 0.25) is 0 Å². The van der Waals surface area contributed by atoms with E-state index < -0.39 is 0 Å². The van der Waals surface area contributed by atoms with Crippen molar-refractivity contribution in [1.82, 2.24) is 4.90 Å². The molecule has 22 heavy (non-hydrogen) atoms. The van der Waals surface area contributed by atoms with Crippen LogP contribution in [0, 0.1) is 5.92 Å². The summed E-state index contributed by atoms with van der Waals surface area (Å²) in [6.07, 6.45) is 1.34. The Bertz CT molecular complexity index is 554. The van der Waals surface area contributed by atoms with Crippen LogP contribution in [-0.4, -0.2) is 29.3 Å². The van der Waals surface area contributed by atoms with Crippen LogP contribution in [0.3, 0.4) is 0 Å². The Kier molecular flexibility index (Phi) is 5.22. The highest BCUT2D eigenvalue weighted by Crippen LogP contribution is 2.28. The van der Waals surface area contributed by atoms with Crippen LogP contribution in [-0.2, 0) is 9.59 Å². The molecule has 1 fully saturated rings. The van der Waals surface area contributed by atoms with Gasteiger partial charge in [-0.1, -0.05) is 32.0 Å². The second kappa shape index (κ2) is 6.95. The summed E-state index contributed by atoms with van der Waals surface area (Å²) in [7, 11) is 0. The standard InChI is InChI=1S/C18H26N2O2/c1-5-13(4)15-8-6-7-9-16(15)19-18(22)14-10-17(21)20(11-14)12(2)3/h6-9,12-14H,5,10-11H2,1-4H3,(H,19,22)/t13-,14+/m1/s1. The van der Waals surface area contributed by atoms with E-state index in [0.717, 1.165) is 17.7 Å². The fourth-order valence-corrected chi connectivity index (χ4v) is 2.90. The highest BCUT2D eigenvalue weighted by atomic mass is 16.2. The van der Waals surface area contributed by atoms with Crippen molar-refractivity contribution >= 4 is 17.5 Å². The number of nitrogens with zero attached hydrogens (tertiary/aromatic N) is 1. The normalized spacial score (nSPS) is 19.6. The van der Waals surface area contributed by atoms with Crippen LogP contribution in [0.1, 0.15) is 52.0 Å². The Labute approximate surface area is 132 Å². The fraction of sp³-hybridized carbons (Fsp3) is 0.556. The molecule has 0 radical (unpaired) electrons. The zero-order valence-electron chi connectivity index (χ0n) is 13.9. The first kappa shape index (κ1) is 16.5. The van der Waals surface area contributed by atoms with Crippen molar-refractivity contribution in [2.75, 3.05) is 11.9 Å². The van der Waals surface area contributed by atoms with Crippen LogP contribution in [0.25, 0.3) is 0 Å². The smallest absolute Gasteiger partial charge is 0.229 e. The first-order valence-electron chi connectivity index (χ1n) is 8.13. The molecule has 0 bridgehead atoms. The quantitative estimate of drug-likeness (QED) is 0.906. The summed E-state index contributed by atoms with van der Waals surface area (Å²) in [4.78, 5) is 26.2. The molecule has 1 aliphatic rings. The van der Waals surface area contributed by atoms with Gasteiger partial charge in [0.25, 0.3) is 0 Å². The molecule has 2 amide bonds. The highest BCUT2D eigenvalue weighted by Gasteiger charge is 2.35. The Balaban J connectivity index is 2.09. The molecule has 0 unspecified atom stereocenters. The number of para-hydroxylation sites is 1. The minimum absolute atomic E-state index is 0.0488. The van der Waals surface area contributed by atoms with Gasteiger partial charge >= 0.3 is 0 Å². The molecule has 0 aromatic heterocycles. The minimum Gasteiger partial charge on any atom is -0.339 e. The Morgan fingerprint density at radius 1 is 1.32 bits per heavy atom. The molecule has 120 valence electrons. The van der Waals surface area contributed by atoms with Crippen LogP contribution in [0.4, 0.5) is 5.69 Å². The van der Waals surface area contributed by atoms with Gasteiger partial charge in [0.15, 0.2) is 0 Å². The van der Waals surface area contributed by atoms with Gasteiger partial charge in [-0.25, -0.2) is 0 Å². The zero-order chi connectivity index (χ0) is 16.3. The average Bonchev–Trinajstić information content (AvgIpc) is 2.89. The molecule has 1 aliphatic heterocycles. The van der Waals surface area contributed by atoms with Crippen molar-refractivity contribution in [2.45, 2.75) is 52.5 Å². The van der Waals surface area contributed by atoms with Gasteiger partial charge in [0, 0.05) is 24.7 Å². The molecule has 4 heteroatoms. The third-order valence-electron chi connectivity index (χ3n) is 4.51. The predicted molar refractivity (Wildman–Crippen MR) is 88.7 cm³/mol. The maximum absolute atomic E-state index is 12.5. The number of amides is 2. The van der Waals surface area contributed by atoms with Crippen LogP contribution < -0.4 is 5.32 Å². The molecule has 0 spiro atoms.